The van der Waals surface area contributed by atoms with Crippen molar-refractivity contribution < 1.29 is 4.74 Å². The lowest BCUT2D eigenvalue weighted by Gasteiger charge is -2.37. The van der Waals surface area contributed by atoms with Crippen LogP contribution >= 0.6 is 0 Å². The van der Waals surface area contributed by atoms with Crippen molar-refractivity contribution in [3.63, 3.8) is 0 Å². The topological polar surface area (TPSA) is 39.1 Å². The van der Waals surface area contributed by atoms with Gasteiger partial charge in [-0.1, -0.05) is 34.6 Å². The Hall–Kier alpha value is -0.870. The van der Waals surface area contributed by atoms with Gasteiger partial charge in [-0.15, -0.1) is 0 Å². The molecule has 21 heavy (non-hydrogen) atoms. The highest BCUT2D eigenvalue weighted by Crippen LogP contribution is 2.32. The van der Waals surface area contributed by atoms with Crippen LogP contribution in [0.3, 0.4) is 0 Å². The number of aromatic nitrogens is 2. The summed E-state index contributed by atoms with van der Waals surface area (Å²) >= 11 is 0. The number of nitrogens with zero attached hydrogens (tertiary/aromatic N) is 2. The Morgan fingerprint density at radius 1 is 1.24 bits per heavy atom. The molecule has 1 rings (SSSR count). The molecule has 0 amide bonds. The predicted molar refractivity (Wildman–Crippen MR) is 88.4 cm³/mol. The Morgan fingerprint density at radius 3 is 2.48 bits per heavy atom. The van der Waals surface area contributed by atoms with Crippen LogP contribution in [-0.4, -0.2) is 28.8 Å². The van der Waals surface area contributed by atoms with E-state index in [9.17, 15) is 0 Å². The molecule has 0 aromatic carbocycles. The zero-order valence-electron chi connectivity index (χ0n) is 14.6. The normalized spacial score (nSPS) is 15.1. The van der Waals surface area contributed by atoms with Crippen molar-refractivity contribution in [3.05, 3.63) is 18.2 Å². The molecule has 0 fully saturated rings. The molecular formula is C17H33N3O. The molecule has 2 atom stereocenters. The first-order valence-electron chi connectivity index (χ1n) is 8.31. The van der Waals surface area contributed by atoms with Crippen molar-refractivity contribution in [2.75, 3.05) is 13.2 Å². The molecule has 2 unspecified atom stereocenters. The molecule has 0 radical (unpaired) electrons. The highest BCUT2D eigenvalue weighted by molar-refractivity contribution is 5.05. The van der Waals surface area contributed by atoms with Gasteiger partial charge in [0, 0.05) is 25.5 Å². The quantitative estimate of drug-likeness (QED) is 0.753. The van der Waals surface area contributed by atoms with Crippen LogP contribution in [0.4, 0.5) is 0 Å². The van der Waals surface area contributed by atoms with E-state index < -0.39 is 0 Å². The molecule has 4 nitrogen and oxygen atoms in total. The molecule has 0 spiro atoms. The number of nitrogens with one attached hydrogen (secondary N) is 1. The van der Waals surface area contributed by atoms with Crippen LogP contribution in [0.15, 0.2) is 12.4 Å². The van der Waals surface area contributed by atoms with Crippen molar-refractivity contribution in [1.82, 2.24) is 14.9 Å². The molecule has 0 aliphatic rings. The summed E-state index contributed by atoms with van der Waals surface area (Å²) in [6.45, 7) is 15.9. The van der Waals surface area contributed by atoms with E-state index in [4.69, 9.17) is 4.74 Å². The summed E-state index contributed by atoms with van der Waals surface area (Å²) in [6.07, 6.45) is 6.29. The Labute approximate surface area is 130 Å². The van der Waals surface area contributed by atoms with E-state index >= 15 is 0 Å². The third-order valence-electron chi connectivity index (χ3n) is 3.61. The molecule has 0 bridgehead atoms. The predicted octanol–water partition coefficient (Wildman–Crippen LogP) is 3.79. The Morgan fingerprint density at radius 2 is 1.95 bits per heavy atom. The van der Waals surface area contributed by atoms with Gasteiger partial charge in [0.1, 0.15) is 5.82 Å². The summed E-state index contributed by atoms with van der Waals surface area (Å²) in [4.78, 5) is 4.63. The standard InChI is InChI=1S/C17H33N3O/c1-7-10-18-14(15(21-9-3)17(4,5)6)16-19-11-13-20(16)12-8-2/h11,13-15,18H,7-10,12H2,1-6H3. The molecule has 1 heterocycles. The van der Waals surface area contributed by atoms with Gasteiger partial charge in [-0.05, 0) is 31.7 Å². The van der Waals surface area contributed by atoms with Gasteiger partial charge in [0.25, 0.3) is 0 Å². The van der Waals surface area contributed by atoms with Crippen LogP contribution in [0.25, 0.3) is 0 Å². The first-order valence-corrected chi connectivity index (χ1v) is 8.31. The molecule has 1 aromatic rings. The van der Waals surface area contributed by atoms with Crippen molar-refractivity contribution in [2.24, 2.45) is 5.41 Å². The van der Waals surface area contributed by atoms with Crippen LogP contribution in [0, 0.1) is 5.41 Å². The van der Waals surface area contributed by atoms with Gasteiger partial charge in [0.05, 0.1) is 12.1 Å². The smallest absolute Gasteiger partial charge is 0.128 e. The van der Waals surface area contributed by atoms with Gasteiger partial charge >= 0.3 is 0 Å². The largest absolute Gasteiger partial charge is 0.376 e. The molecule has 0 aliphatic heterocycles. The maximum atomic E-state index is 6.11. The van der Waals surface area contributed by atoms with Gasteiger partial charge in [-0.3, -0.25) is 0 Å². The fourth-order valence-corrected chi connectivity index (χ4v) is 2.69. The number of aryl methyl sites for hydroxylation is 1. The molecule has 1 N–H and O–H groups in total. The summed E-state index contributed by atoms with van der Waals surface area (Å²) in [5.74, 6) is 1.10. The maximum Gasteiger partial charge on any atom is 0.128 e. The average Bonchev–Trinajstić information content (AvgIpc) is 2.85. The summed E-state index contributed by atoms with van der Waals surface area (Å²) < 4.78 is 8.36. The van der Waals surface area contributed by atoms with E-state index in [0.717, 1.165) is 38.4 Å². The van der Waals surface area contributed by atoms with Crippen LogP contribution in [0.1, 0.15) is 66.3 Å². The average molecular weight is 295 g/mol. The zero-order chi connectivity index (χ0) is 15.9. The monoisotopic (exact) mass is 295 g/mol. The number of ether oxygens (including phenoxy) is 1. The molecule has 4 heteroatoms. The number of imidazole rings is 1. The summed E-state index contributed by atoms with van der Waals surface area (Å²) in [7, 11) is 0. The minimum atomic E-state index is 0.0599. The second kappa shape index (κ2) is 8.54. The van der Waals surface area contributed by atoms with E-state index in [0.29, 0.717) is 0 Å². The first kappa shape index (κ1) is 18.2. The van der Waals surface area contributed by atoms with Crippen molar-refractivity contribution >= 4 is 0 Å². The third-order valence-corrected chi connectivity index (χ3v) is 3.61. The van der Waals surface area contributed by atoms with Crippen LogP contribution in [-0.2, 0) is 11.3 Å². The van der Waals surface area contributed by atoms with Crippen molar-refractivity contribution in [2.45, 2.75) is 73.1 Å². The molecule has 1 aromatic heterocycles. The molecular weight excluding hydrogens is 262 g/mol. The molecule has 0 saturated heterocycles. The maximum absolute atomic E-state index is 6.11. The molecule has 122 valence electrons. The van der Waals surface area contributed by atoms with Crippen LogP contribution in [0.2, 0.25) is 0 Å². The summed E-state index contributed by atoms with van der Waals surface area (Å²) in [5, 5.41) is 3.65. The Kier molecular flexibility index (Phi) is 7.40. The summed E-state index contributed by atoms with van der Waals surface area (Å²) in [5.41, 5.74) is 0.0599. The Bertz CT molecular complexity index is 395. The van der Waals surface area contributed by atoms with E-state index in [1.54, 1.807) is 0 Å². The van der Waals surface area contributed by atoms with E-state index in [-0.39, 0.29) is 17.6 Å². The number of hydrogen-bond donors (Lipinski definition) is 1. The van der Waals surface area contributed by atoms with Gasteiger partial charge < -0.3 is 14.6 Å². The first-order chi connectivity index (χ1) is 9.95. The van der Waals surface area contributed by atoms with Crippen molar-refractivity contribution in [3.8, 4) is 0 Å². The highest BCUT2D eigenvalue weighted by Gasteiger charge is 2.35. The molecule has 0 aliphatic carbocycles. The van der Waals surface area contributed by atoms with Crippen LogP contribution < -0.4 is 5.32 Å². The van der Waals surface area contributed by atoms with E-state index in [1.807, 2.05) is 6.20 Å². The van der Waals surface area contributed by atoms with Gasteiger partial charge in [-0.25, -0.2) is 4.98 Å². The lowest BCUT2D eigenvalue weighted by atomic mass is 9.84. The minimum absolute atomic E-state index is 0.0599. The third kappa shape index (κ3) is 5.11. The van der Waals surface area contributed by atoms with Crippen LogP contribution in [0.5, 0.6) is 0 Å². The van der Waals surface area contributed by atoms with Gasteiger partial charge in [0.2, 0.25) is 0 Å². The fraction of sp³-hybridized carbons (Fsp3) is 0.824. The van der Waals surface area contributed by atoms with Gasteiger partial charge in [0.15, 0.2) is 0 Å². The van der Waals surface area contributed by atoms with E-state index in [1.165, 1.54) is 0 Å². The number of hydrogen-bond acceptors (Lipinski definition) is 3. The Balaban J connectivity index is 3.09. The lowest BCUT2D eigenvalue weighted by Crippen LogP contribution is -2.43. The fourth-order valence-electron chi connectivity index (χ4n) is 2.69. The minimum Gasteiger partial charge on any atom is -0.376 e. The SMILES string of the molecule is CCCNC(c1nccn1CCC)C(OCC)C(C)(C)C. The molecule has 0 saturated carbocycles. The highest BCUT2D eigenvalue weighted by atomic mass is 16.5. The van der Waals surface area contributed by atoms with E-state index in [2.05, 4.69) is 62.6 Å². The zero-order valence-corrected chi connectivity index (χ0v) is 14.6. The second-order valence-electron chi connectivity index (χ2n) is 6.65. The number of rotatable bonds is 9. The second-order valence-corrected chi connectivity index (χ2v) is 6.65. The van der Waals surface area contributed by atoms with Gasteiger partial charge in [-0.2, -0.15) is 0 Å². The lowest BCUT2D eigenvalue weighted by molar-refractivity contribution is -0.0391. The summed E-state index contributed by atoms with van der Waals surface area (Å²) in [6, 6.07) is 0.131. The van der Waals surface area contributed by atoms with Crippen molar-refractivity contribution in [1.29, 1.82) is 0 Å².